The number of aliphatic hydroxyl groups excluding tert-OH is 1. The SMILES string of the molecule is COc1ccccc1SCC1CC(c2ccc(CO)cc2)OC(c2ccc(NC(=O)CCCCC(=O)Nc3ccccc3N)cc2)O1. The van der Waals surface area contributed by atoms with Crippen molar-refractivity contribution >= 4 is 40.6 Å². The molecule has 0 aliphatic carbocycles. The number of nitrogens with two attached hydrogens (primary N) is 1. The minimum absolute atomic E-state index is 0.0135. The van der Waals surface area contributed by atoms with Gasteiger partial charge in [0.1, 0.15) is 5.75 Å². The summed E-state index contributed by atoms with van der Waals surface area (Å²) >= 11 is 1.68. The van der Waals surface area contributed by atoms with Gasteiger partial charge in [0.25, 0.3) is 0 Å². The van der Waals surface area contributed by atoms with Gasteiger partial charge in [-0.3, -0.25) is 9.59 Å². The van der Waals surface area contributed by atoms with E-state index in [0.717, 1.165) is 27.3 Å². The quantitative estimate of drug-likeness (QED) is 0.0635. The lowest BCUT2D eigenvalue weighted by Gasteiger charge is -2.36. The molecule has 1 heterocycles. The maximum Gasteiger partial charge on any atom is 0.224 e. The predicted octanol–water partition coefficient (Wildman–Crippen LogP) is 7.25. The highest BCUT2D eigenvalue weighted by Gasteiger charge is 2.32. The number of amides is 2. The fourth-order valence-corrected chi connectivity index (χ4v) is 6.33. The van der Waals surface area contributed by atoms with Crippen LogP contribution >= 0.6 is 11.8 Å². The molecule has 246 valence electrons. The van der Waals surface area contributed by atoms with Crippen molar-refractivity contribution in [1.82, 2.24) is 0 Å². The zero-order chi connectivity index (χ0) is 33.0. The number of carbonyl (C=O) groups is 2. The summed E-state index contributed by atoms with van der Waals surface area (Å²) in [4.78, 5) is 25.9. The van der Waals surface area contributed by atoms with Crippen molar-refractivity contribution in [3.05, 3.63) is 114 Å². The first-order valence-electron chi connectivity index (χ1n) is 15.7. The van der Waals surface area contributed by atoms with Crippen LogP contribution in [-0.2, 0) is 25.7 Å². The molecule has 9 nitrogen and oxygen atoms in total. The van der Waals surface area contributed by atoms with Gasteiger partial charge in [0, 0.05) is 41.2 Å². The largest absolute Gasteiger partial charge is 0.496 e. The van der Waals surface area contributed by atoms with Crippen LogP contribution in [0.3, 0.4) is 0 Å². The summed E-state index contributed by atoms with van der Waals surface area (Å²) in [6.07, 6.45) is 1.56. The van der Waals surface area contributed by atoms with E-state index in [1.165, 1.54) is 0 Å². The average Bonchev–Trinajstić information content (AvgIpc) is 3.10. The zero-order valence-corrected chi connectivity index (χ0v) is 27.2. The first-order valence-corrected chi connectivity index (χ1v) is 16.7. The number of nitrogen functional groups attached to an aromatic ring is 1. The summed E-state index contributed by atoms with van der Waals surface area (Å²) in [5.41, 5.74) is 10.4. The zero-order valence-electron chi connectivity index (χ0n) is 26.4. The van der Waals surface area contributed by atoms with E-state index < -0.39 is 6.29 Å². The fourth-order valence-electron chi connectivity index (χ4n) is 5.29. The molecular weight excluding hydrogens is 614 g/mol. The molecule has 1 fully saturated rings. The Kier molecular flexibility index (Phi) is 12.3. The molecule has 0 saturated carbocycles. The summed E-state index contributed by atoms with van der Waals surface area (Å²) in [6, 6.07) is 30.4. The van der Waals surface area contributed by atoms with E-state index in [4.69, 9.17) is 19.9 Å². The van der Waals surface area contributed by atoms with Crippen LogP contribution in [0.2, 0.25) is 0 Å². The number of anilines is 3. The van der Waals surface area contributed by atoms with E-state index in [9.17, 15) is 14.7 Å². The number of methoxy groups -OCH3 is 1. The molecule has 5 rings (SSSR count). The topological polar surface area (TPSA) is 132 Å². The highest BCUT2D eigenvalue weighted by molar-refractivity contribution is 7.99. The van der Waals surface area contributed by atoms with Crippen molar-refractivity contribution in [1.29, 1.82) is 0 Å². The maximum atomic E-state index is 12.6. The van der Waals surface area contributed by atoms with Gasteiger partial charge in [-0.25, -0.2) is 0 Å². The smallest absolute Gasteiger partial charge is 0.224 e. The van der Waals surface area contributed by atoms with Crippen LogP contribution in [0.1, 0.15) is 61.2 Å². The van der Waals surface area contributed by atoms with E-state index in [0.29, 0.717) is 54.9 Å². The summed E-state index contributed by atoms with van der Waals surface area (Å²) in [7, 11) is 1.67. The summed E-state index contributed by atoms with van der Waals surface area (Å²) in [5.74, 6) is 1.29. The number of thioether (sulfide) groups is 1. The molecule has 3 unspecified atom stereocenters. The number of nitrogens with one attached hydrogen (secondary N) is 2. The van der Waals surface area contributed by atoms with Crippen LogP contribution in [0.25, 0.3) is 0 Å². The Balaban J connectivity index is 1.15. The van der Waals surface area contributed by atoms with E-state index >= 15 is 0 Å². The number of carbonyl (C=O) groups excluding carboxylic acids is 2. The van der Waals surface area contributed by atoms with Crippen molar-refractivity contribution in [3.8, 4) is 5.75 Å². The van der Waals surface area contributed by atoms with E-state index in [1.807, 2.05) is 84.9 Å². The molecular formula is C37H41N3O6S. The molecule has 1 aliphatic rings. The third kappa shape index (κ3) is 9.82. The van der Waals surface area contributed by atoms with Crippen LogP contribution in [0, 0.1) is 0 Å². The second kappa shape index (κ2) is 17.0. The van der Waals surface area contributed by atoms with Gasteiger partial charge in [0.15, 0.2) is 6.29 Å². The molecule has 3 atom stereocenters. The van der Waals surface area contributed by atoms with Crippen LogP contribution in [-0.4, -0.2) is 35.9 Å². The van der Waals surface area contributed by atoms with Gasteiger partial charge in [0.2, 0.25) is 11.8 Å². The Morgan fingerprint density at radius 3 is 2.21 bits per heavy atom. The number of aliphatic hydroxyl groups is 1. The first-order chi connectivity index (χ1) is 22.9. The molecule has 4 aromatic carbocycles. The fraction of sp³-hybridized carbons (Fsp3) is 0.297. The van der Waals surface area contributed by atoms with Crippen molar-refractivity contribution in [2.45, 2.75) is 62.1 Å². The number of unbranched alkanes of at least 4 members (excludes halogenated alkanes) is 1. The van der Waals surface area contributed by atoms with Crippen molar-refractivity contribution in [2.75, 3.05) is 29.2 Å². The van der Waals surface area contributed by atoms with Crippen LogP contribution < -0.4 is 21.1 Å². The first kappa shape index (κ1) is 34.0. The lowest BCUT2D eigenvalue weighted by molar-refractivity contribution is -0.245. The Morgan fingerprint density at radius 1 is 0.851 bits per heavy atom. The molecule has 2 amide bonds. The molecule has 0 radical (unpaired) electrons. The molecule has 5 N–H and O–H groups in total. The van der Waals surface area contributed by atoms with Gasteiger partial charge in [-0.15, -0.1) is 11.8 Å². The number of hydrogen-bond acceptors (Lipinski definition) is 8. The number of ether oxygens (including phenoxy) is 3. The number of hydrogen-bond donors (Lipinski definition) is 4. The molecule has 4 aromatic rings. The molecule has 1 saturated heterocycles. The van der Waals surface area contributed by atoms with Crippen molar-refractivity contribution in [2.24, 2.45) is 0 Å². The second-order valence-electron chi connectivity index (χ2n) is 11.3. The monoisotopic (exact) mass is 655 g/mol. The second-order valence-corrected chi connectivity index (χ2v) is 12.4. The highest BCUT2D eigenvalue weighted by Crippen LogP contribution is 2.40. The summed E-state index contributed by atoms with van der Waals surface area (Å²) < 4.78 is 18.5. The lowest BCUT2D eigenvalue weighted by atomic mass is 10.0. The third-order valence-electron chi connectivity index (χ3n) is 7.87. The molecule has 1 aliphatic heterocycles. The Labute approximate surface area is 279 Å². The molecule has 0 spiro atoms. The van der Waals surface area contributed by atoms with Crippen molar-refractivity contribution < 1.29 is 28.9 Å². The van der Waals surface area contributed by atoms with Gasteiger partial charge in [-0.05, 0) is 60.4 Å². The van der Waals surface area contributed by atoms with Gasteiger partial charge in [-0.2, -0.15) is 0 Å². The predicted molar refractivity (Wildman–Crippen MR) is 185 cm³/mol. The minimum Gasteiger partial charge on any atom is -0.496 e. The molecule has 0 bridgehead atoms. The Bertz CT molecular complexity index is 1620. The summed E-state index contributed by atoms with van der Waals surface area (Å²) in [5, 5.41) is 15.2. The van der Waals surface area contributed by atoms with E-state index in [2.05, 4.69) is 10.6 Å². The maximum absolute atomic E-state index is 12.6. The number of benzene rings is 4. The number of rotatable bonds is 14. The molecule has 47 heavy (non-hydrogen) atoms. The van der Waals surface area contributed by atoms with E-state index in [-0.39, 0.29) is 30.6 Å². The average molecular weight is 656 g/mol. The number of para-hydroxylation sites is 3. The van der Waals surface area contributed by atoms with Gasteiger partial charge in [-0.1, -0.05) is 60.7 Å². The van der Waals surface area contributed by atoms with E-state index in [1.54, 1.807) is 31.0 Å². The minimum atomic E-state index is -0.600. The standard InChI is InChI=1S/C37H41N3O6S/c1-44-32-10-4-5-11-34(32)47-24-29-22-33(26-16-14-25(23-41)15-17-26)46-37(45-29)27-18-20-28(21-19-27)39-35(42)12-6-7-13-36(43)40-31-9-3-2-8-30(31)38/h2-5,8-11,14-21,29,33,37,41H,6-7,12-13,22-24,38H2,1H3,(H,39,42)(H,40,43). The van der Waals surface area contributed by atoms with Gasteiger partial charge in [0.05, 0.1) is 37.3 Å². The van der Waals surface area contributed by atoms with Crippen LogP contribution in [0.4, 0.5) is 17.1 Å². The molecule has 10 heteroatoms. The van der Waals surface area contributed by atoms with Gasteiger partial charge >= 0.3 is 0 Å². The summed E-state index contributed by atoms with van der Waals surface area (Å²) in [6.45, 7) is -0.0135. The Morgan fingerprint density at radius 2 is 1.51 bits per heavy atom. The lowest BCUT2D eigenvalue weighted by Crippen LogP contribution is -2.31. The normalized spacial score (nSPS) is 17.5. The highest BCUT2D eigenvalue weighted by atomic mass is 32.2. The van der Waals surface area contributed by atoms with Crippen LogP contribution in [0.15, 0.2) is 102 Å². The third-order valence-corrected chi connectivity index (χ3v) is 9.05. The van der Waals surface area contributed by atoms with Gasteiger partial charge < -0.3 is 35.7 Å². The van der Waals surface area contributed by atoms with Crippen molar-refractivity contribution in [3.63, 3.8) is 0 Å². The Hall–Kier alpha value is -4.35. The van der Waals surface area contributed by atoms with Crippen LogP contribution in [0.5, 0.6) is 5.75 Å². The molecule has 0 aromatic heterocycles.